The first-order valence-corrected chi connectivity index (χ1v) is 4.86. The minimum Gasteiger partial charge on any atom is -0.386 e. The van der Waals surface area contributed by atoms with Crippen molar-refractivity contribution < 1.29 is 10.0 Å². The molecule has 3 unspecified atom stereocenters. The fourth-order valence-corrected chi connectivity index (χ4v) is 3.10. The Balaban J connectivity index is 2.46. The van der Waals surface area contributed by atoms with Crippen LogP contribution in [0.3, 0.4) is 0 Å². The number of hydrogen-bond acceptors (Lipinski definition) is 3. The lowest BCUT2D eigenvalue weighted by atomic mass is 9.46. The van der Waals surface area contributed by atoms with E-state index in [1.54, 1.807) is 6.92 Å². The number of aliphatic hydroxyl groups is 1. The molecule has 0 saturated heterocycles. The predicted octanol–water partition coefficient (Wildman–Crippen LogP) is 1.57. The summed E-state index contributed by atoms with van der Waals surface area (Å²) >= 11 is 0. The van der Waals surface area contributed by atoms with Gasteiger partial charge in [0.2, 0.25) is 5.70 Å². The third-order valence-corrected chi connectivity index (χ3v) is 3.98. The van der Waals surface area contributed by atoms with Crippen molar-refractivity contribution in [3.8, 4) is 0 Å². The van der Waals surface area contributed by atoms with Crippen LogP contribution in [-0.2, 0) is 0 Å². The molecule has 3 aliphatic carbocycles. The normalized spacial score (nSPS) is 43.9. The average molecular weight is 197 g/mol. The van der Waals surface area contributed by atoms with Crippen molar-refractivity contribution in [2.24, 2.45) is 17.3 Å². The van der Waals surface area contributed by atoms with Gasteiger partial charge < -0.3 is 5.11 Å². The minimum atomic E-state index is -1.01. The first kappa shape index (κ1) is 9.65. The number of nitro groups is 1. The Labute approximate surface area is 82.8 Å². The van der Waals surface area contributed by atoms with Crippen molar-refractivity contribution in [2.75, 3.05) is 0 Å². The van der Waals surface area contributed by atoms with Crippen LogP contribution in [0, 0.1) is 27.4 Å². The molecule has 4 nitrogen and oxygen atoms in total. The highest BCUT2D eigenvalue weighted by Gasteiger charge is 2.63. The monoisotopic (exact) mass is 197 g/mol. The Morgan fingerprint density at radius 2 is 2.14 bits per heavy atom. The average Bonchev–Trinajstić information content (AvgIpc) is 2.00. The van der Waals surface area contributed by atoms with Crippen LogP contribution in [0.15, 0.2) is 11.8 Å². The molecule has 0 aromatic rings. The Morgan fingerprint density at radius 3 is 2.50 bits per heavy atom. The van der Waals surface area contributed by atoms with Crippen molar-refractivity contribution in [3.05, 3.63) is 21.9 Å². The van der Waals surface area contributed by atoms with Gasteiger partial charge in [-0.3, -0.25) is 10.1 Å². The van der Waals surface area contributed by atoms with Crippen molar-refractivity contribution >= 4 is 0 Å². The molecule has 78 valence electrons. The van der Waals surface area contributed by atoms with Crippen LogP contribution in [0.2, 0.25) is 0 Å². The molecule has 3 atom stereocenters. The Morgan fingerprint density at radius 1 is 1.57 bits per heavy atom. The van der Waals surface area contributed by atoms with Gasteiger partial charge in [0.15, 0.2) is 0 Å². The molecule has 3 rings (SSSR count). The van der Waals surface area contributed by atoms with Gasteiger partial charge in [0, 0.05) is 6.08 Å². The van der Waals surface area contributed by atoms with Crippen LogP contribution in [0.5, 0.6) is 0 Å². The largest absolute Gasteiger partial charge is 0.386 e. The van der Waals surface area contributed by atoms with E-state index in [-0.39, 0.29) is 27.9 Å². The lowest BCUT2D eigenvalue weighted by molar-refractivity contribution is -0.449. The summed E-state index contributed by atoms with van der Waals surface area (Å²) in [6, 6.07) is 0. The van der Waals surface area contributed by atoms with Crippen LogP contribution in [-0.4, -0.2) is 15.6 Å². The van der Waals surface area contributed by atoms with E-state index in [0.29, 0.717) is 0 Å². The second-order valence-corrected chi connectivity index (χ2v) is 5.21. The third-order valence-electron chi connectivity index (χ3n) is 3.98. The molecular formula is C10H15NO3. The molecule has 4 heteroatoms. The van der Waals surface area contributed by atoms with Gasteiger partial charge in [-0.25, -0.2) is 0 Å². The summed E-state index contributed by atoms with van der Waals surface area (Å²) in [5, 5.41) is 20.8. The molecule has 1 N–H and O–H groups in total. The summed E-state index contributed by atoms with van der Waals surface area (Å²) in [5.74, 6) is 0.173. The van der Waals surface area contributed by atoms with Crippen molar-refractivity contribution in [1.82, 2.24) is 0 Å². The molecule has 14 heavy (non-hydrogen) atoms. The number of rotatable bonds is 1. The van der Waals surface area contributed by atoms with Crippen LogP contribution in [0.25, 0.3) is 0 Å². The molecule has 0 radical (unpaired) electrons. The smallest absolute Gasteiger partial charge is 0.248 e. The lowest BCUT2D eigenvalue weighted by Crippen LogP contribution is -2.60. The van der Waals surface area contributed by atoms with Crippen LogP contribution in [0.1, 0.15) is 27.2 Å². The molecule has 0 aromatic carbocycles. The van der Waals surface area contributed by atoms with Crippen molar-refractivity contribution in [1.29, 1.82) is 0 Å². The van der Waals surface area contributed by atoms with Gasteiger partial charge in [-0.1, -0.05) is 13.8 Å². The van der Waals surface area contributed by atoms with Crippen LogP contribution < -0.4 is 0 Å². The predicted molar refractivity (Wildman–Crippen MR) is 51.1 cm³/mol. The summed E-state index contributed by atoms with van der Waals surface area (Å²) in [4.78, 5) is 10.4. The molecule has 0 amide bonds. The molecule has 1 saturated carbocycles. The molecular weight excluding hydrogens is 182 g/mol. The third kappa shape index (κ3) is 0.974. The van der Waals surface area contributed by atoms with Gasteiger partial charge in [0.05, 0.1) is 16.4 Å². The molecule has 2 bridgehead atoms. The topological polar surface area (TPSA) is 63.4 Å². The number of allylic oxidation sites excluding steroid dienone is 1. The Bertz CT molecular complexity index is 330. The molecule has 0 heterocycles. The van der Waals surface area contributed by atoms with E-state index in [1.165, 1.54) is 6.08 Å². The molecule has 0 aromatic heterocycles. The molecule has 1 fully saturated rings. The summed E-state index contributed by atoms with van der Waals surface area (Å²) in [5.41, 5.74) is -0.955. The van der Waals surface area contributed by atoms with Gasteiger partial charge in [-0.2, -0.15) is 0 Å². The maximum atomic E-state index is 10.8. The highest BCUT2D eigenvalue weighted by Crippen LogP contribution is 2.62. The van der Waals surface area contributed by atoms with E-state index in [0.717, 1.165) is 6.42 Å². The van der Waals surface area contributed by atoms with E-state index in [4.69, 9.17) is 0 Å². The van der Waals surface area contributed by atoms with E-state index in [1.807, 2.05) is 13.8 Å². The number of nitrogens with zero attached hydrogens (tertiary/aromatic N) is 1. The zero-order valence-electron chi connectivity index (χ0n) is 8.65. The number of hydrogen-bond donors (Lipinski definition) is 1. The van der Waals surface area contributed by atoms with Gasteiger partial charge in [-0.05, 0) is 24.7 Å². The molecule has 3 aliphatic rings. The maximum absolute atomic E-state index is 10.8. The van der Waals surface area contributed by atoms with E-state index in [2.05, 4.69) is 0 Å². The van der Waals surface area contributed by atoms with Crippen LogP contribution in [0.4, 0.5) is 0 Å². The van der Waals surface area contributed by atoms with Crippen molar-refractivity contribution in [3.63, 3.8) is 0 Å². The Hall–Kier alpha value is -0.900. The summed E-state index contributed by atoms with van der Waals surface area (Å²) in [6.45, 7) is 5.66. The Kier molecular flexibility index (Phi) is 1.63. The first-order chi connectivity index (χ1) is 6.27. The summed E-state index contributed by atoms with van der Waals surface area (Å²) < 4.78 is 0. The van der Waals surface area contributed by atoms with E-state index >= 15 is 0 Å². The second-order valence-electron chi connectivity index (χ2n) is 5.21. The zero-order valence-corrected chi connectivity index (χ0v) is 8.65. The number of fused-ring (bicyclic) bond motifs is 1. The van der Waals surface area contributed by atoms with Gasteiger partial charge in [0.1, 0.15) is 0 Å². The van der Waals surface area contributed by atoms with Gasteiger partial charge in [0.25, 0.3) is 0 Å². The lowest BCUT2D eigenvalue weighted by Gasteiger charge is -2.58. The van der Waals surface area contributed by atoms with Gasteiger partial charge in [-0.15, -0.1) is 0 Å². The highest BCUT2D eigenvalue weighted by molar-refractivity contribution is 5.26. The summed E-state index contributed by atoms with van der Waals surface area (Å²) in [6.07, 6.45) is 2.17. The van der Waals surface area contributed by atoms with Gasteiger partial charge >= 0.3 is 0 Å². The fourth-order valence-electron chi connectivity index (χ4n) is 3.10. The standard InChI is InChI=1S/C10H15NO3/c1-9(2)6-4-8(9)10(3,12)5-7(6)11(13)14/h5-6,8,12H,4H2,1-3H3. The second kappa shape index (κ2) is 2.37. The maximum Gasteiger partial charge on any atom is 0.248 e. The zero-order chi connectivity index (χ0) is 10.7. The first-order valence-electron chi connectivity index (χ1n) is 4.86. The highest BCUT2D eigenvalue weighted by atomic mass is 16.6. The summed E-state index contributed by atoms with van der Waals surface area (Å²) in [7, 11) is 0. The van der Waals surface area contributed by atoms with E-state index in [9.17, 15) is 15.2 Å². The van der Waals surface area contributed by atoms with E-state index < -0.39 is 5.60 Å². The SMILES string of the molecule is CC1(O)C=C([N+](=O)[O-])C2CC1C2(C)C. The van der Waals surface area contributed by atoms with Crippen LogP contribution >= 0.6 is 0 Å². The molecule has 0 aliphatic heterocycles. The fraction of sp³-hybridized carbons (Fsp3) is 0.800. The minimum absolute atomic E-state index is 0.0164. The quantitative estimate of drug-likeness (QED) is 0.512. The molecule has 0 spiro atoms. The van der Waals surface area contributed by atoms with Crippen molar-refractivity contribution in [2.45, 2.75) is 32.8 Å².